The summed E-state index contributed by atoms with van der Waals surface area (Å²) in [4.78, 5) is 4.18. The Bertz CT molecular complexity index is 601. The molecule has 3 aromatic rings. The van der Waals surface area contributed by atoms with Gasteiger partial charge in [0.1, 0.15) is 0 Å². The zero-order valence-corrected chi connectivity index (χ0v) is 11.4. The molecule has 2 heteroatoms. The molecule has 2 nitrogen and oxygen atoms in total. The van der Waals surface area contributed by atoms with Crippen LogP contribution in [0.15, 0.2) is 66.9 Å². The molecular formula is C18H18N2. The Hall–Kier alpha value is -2.35. The smallest absolute Gasteiger partial charge is 0.0701 e. The van der Waals surface area contributed by atoms with Gasteiger partial charge in [0.25, 0.3) is 0 Å². The van der Waals surface area contributed by atoms with Crippen LogP contribution in [0.2, 0.25) is 0 Å². The van der Waals surface area contributed by atoms with Gasteiger partial charge >= 0.3 is 0 Å². The highest BCUT2D eigenvalue weighted by molar-refractivity contribution is 5.77. The second-order valence-corrected chi connectivity index (χ2v) is 4.88. The summed E-state index contributed by atoms with van der Waals surface area (Å²) < 4.78 is 0. The number of nitrogens with zero attached hydrogens (tertiary/aromatic N) is 1. The third kappa shape index (κ3) is 2.97. The molecule has 4 rings (SSSR count). The lowest BCUT2D eigenvalue weighted by Gasteiger charge is -2.16. The lowest BCUT2D eigenvalue weighted by molar-refractivity contribution is 0.830. The zero-order chi connectivity index (χ0) is 13.6. The quantitative estimate of drug-likeness (QED) is 0.654. The van der Waals surface area contributed by atoms with E-state index in [-0.39, 0.29) is 0 Å². The molecule has 0 unspecified atom stereocenters. The number of para-hydroxylation sites is 2. The molecule has 1 N–H and O–H groups in total. The van der Waals surface area contributed by atoms with E-state index < -0.39 is 0 Å². The van der Waals surface area contributed by atoms with Crippen molar-refractivity contribution in [2.24, 2.45) is 0 Å². The summed E-state index contributed by atoms with van der Waals surface area (Å²) >= 11 is 0. The Morgan fingerprint density at radius 1 is 0.850 bits per heavy atom. The number of fused-ring (bicyclic) bond motifs is 2. The summed E-state index contributed by atoms with van der Waals surface area (Å²) in [5.41, 5.74) is 3.85. The van der Waals surface area contributed by atoms with Gasteiger partial charge in [0, 0.05) is 23.8 Å². The van der Waals surface area contributed by atoms with Crippen molar-refractivity contribution < 1.29 is 0 Å². The van der Waals surface area contributed by atoms with Crippen molar-refractivity contribution in [1.29, 1.82) is 0 Å². The van der Waals surface area contributed by atoms with Crippen LogP contribution in [0, 0.1) is 0 Å². The van der Waals surface area contributed by atoms with E-state index >= 15 is 0 Å². The summed E-state index contributed by atoms with van der Waals surface area (Å²) in [7, 11) is 0. The van der Waals surface area contributed by atoms with Gasteiger partial charge in [0.2, 0.25) is 0 Å². The van der Waals surface area contributed by atoms with Gasteiger partial charge in [-0.05, 0) is 36.6 Å². The minimum absolute atomic E-state index is 1.06. The SMILES string of the molecule is c1ccc2c(c1)CCCN2.c1ccc2ncccc2c1. The average molecular weight is 262 g/mol. The van der Waals surface area contributed by atoms with Crippen molar-refractivity contribution in [2.75, 3.05) is 11.9 Å². The molecule has 0 bridgehead atoms. The maximum Gasteiger partial charge on any atom is 0.0701 e. The second kappa shape index (κ2) is 6.20. The normalized spacial score (nSPS) is 12.8. The summed E-state index contributed by atoms with van der Waals surface area (Å²) in [6.07, 6.45) is 4.32. The van der Waals surface area contributed by atoms with E-state index in [2.05, 4.69) is 46.7 Å². The third-order valence-corrected chi connectivity index (χ3v) is 3.47. The molecule has 0 aliphatic carbocycles. The van der Waals surface area contributed by atoms with Gasteiger partial charge in [-0.15, -0.1) is 0 Å². The fraction of sp³-hybridized carbons (Fsp3) is 0.167. The van der Waals surface area contributed by atoms with Crippen molar-refractivity contribution in [2.45, 2.75) is 12.8 Å². The van der Waals surface area contributed by atoms with E-state index in [0.29, 0.717) is 0 Å². The number of rotatable bonds is 0. The van der Waals surface area contributed by atoms with E-state index in [1.54, 1.807) is 0 Å². The van der Waals surface area contributed by atoms with Crippen LogP contribution in [-0.4, -0.2) is 11.5 Å². The Kier molecular flexibility index (Phi) is 3.93. The molecule has 0 saturated heterocycles. The topological polar surface area (TPSA) is 24.9 Å². The Balaban J connectivity index is 0.000000121. The lowest BCUT2D eigenvalue weighted by atomic mass is 10.0. The largest absolute Gasteiger partial charge is 0.385 e. The molecule has 0 fully saturated rings. The molecule has 0 saturated carbocycles. The number of pyridine rings is 1. The first-order valence-corrected chi connectivity index (χ1v) is 7.05. The molecule has 1 aromatic heterocycles. The second-order valence-electron chi connectivity index (χ2n) is 4.88. The first kappa shape index (κ1) is 12.7. The summed E-state index contributed by atoms with van der Waals surface area (Å²) in [5, 5.41) is 4.56. The third-order valence-electron chi connectivity index (χ3n) is 3.47. The molecular weight excluding hydrogens is 244 g/mol. The number of benzene rings is 2. The van der Waals surface area contributed by atoms with E-state index in [1.807, 2.05) is 30.5 Å². The van der Waals surface area contributed by atoms with Crippen LogP contribution in [0.25, 0.3) is 10.9 Å². The zero-order valence-electron chi connectivity index (χ0n) is 11.4. The maximum atomic E-state index is 4.18. The summed E-state index contributed by atoms with van der Waals surface area (Å²) in [5.74, 6) is 0. The molecule has 0 spiro atoms. The highest BCUT2D eigenvalue weighted by Gasteiger charge is 2.04. The molecule has 100 valence electrons. The van der Waals surface area contributed by atoms with E-state index in [1.165, 1.54) is 29.5 Å². The van der Waals surface area contributed by atoms with Gasteiger partial charge in [-0.2, -0.15) is 0 Å². The predicted molar refractivity (Wildman–Crippen MR) is 85.0 cm³/mol. The average Bonchev–Trinajstić information content (AvgIpc) is 2.56. The fourth-order valence-electron chi connectivity index (χ4n) is 2.43. The fourth-order valence-corrected chi connectivity index (χ4v) is 2.43. The first-order valence-electron chi connectivity index (χ1n) is 7.05. The van der Waals surface area contributed by atoms with Crippen LogP contribution in [-0.2, 0) is 6.42 Å². The Labute approximate surface area is 119 Å². The van der Waals surface area contributed by atoms with Crippen molar-refractivity contribution in [3.05, 3.63) is 72.4 Å². The predicted octanol–water partition coefficient (Wildman–Crippen LogP) is 4.28. The molecule has 0 amide bonds. The minimum Gasteiger partial charge on any atom is -0.385 e. The molecule has 1 aliphatic rings. The van der Waals surface area contributed by atoms with Crippen LogP contribution >= 0.6 is 0 Å². The Morgan fingerprint density at radius 3 is 2.55 bits per heavy atom. The standard InChI is InChI=1S/C9H11N.C9H7N/c2*1-2-6-9-8(4-1)5-3-7-10-9/h1-2,4,6,10H,3,5,7H2;1-7H. The molecule has 0 radical (unpaired) electrons. The van der Waals surface area contributed by atoms with E-state index in [4.69, 9.17) is 0 Å². The van der Waals surface area contributed by atoms with Crippen molar-refractivity contribution in [1.82, 2.24) is 4.98 Å². The molecule has 2 heterocycles. The number of anilines is 1. The van der Waals surface area contributed by atoms with Gasteiger partial charge in [0.05, 0.1) is 5.52 Å². The van der Waals surface area contributed by atoms with Crippen molar-refractivity contribution >= 4 is 16.6 Å². The first-order chi connectivity index (χ1) is 9.93. The summed E-state index contributed by atoms with van der Waals surface area (Å²) in [6, 6.07) is 20.6. The Morgan fingerprint density at radius 2 is 1.65 bits per heavy atom. The van der Waals surface area contributed by atoms with Crippen LogP contribution in [0.3, 0.4) is 0 Å². The number of nitrogens with one attached hydrogen (secondary N) is 1. The summed E-state index contributed by atoms with van der Waals surface area (Å²) in [6.45, 7) is 1.14. The van der Waals surface area contributed by atoms with Gasteiger partial charge < -0.3 is 5.32 Å². The van der Waals surface area contributed by atoms with E-state index in [0.717, 1.165) is 12.1 Å². The van der Waals surface area contributed by atoms with Gasteiger partial charge in [-0.3, -0.25) is 4.98 Å². The number of aromatic nitrogens is 1. The number of aryl methyl sites for hydroxylation is 1. The van der Waals surface area contributed by atoms with Crippen molar-refractivity contribution in [3.8, 4) is 0 Å². The number of hydrogen-bond acceptors (Lipinski definition) is 2. The van der Waals surface area contributed by atoms with Crippen LogP contribution in [0.5, 0.6) is 0 Å². The van der Waals surface area contributed by atoms with Crippen LogP contribution < -0.4 is 5.32 Å². The number of hydrogen-bond donors (Lipinski definition) is 1. The molecule has 1 aliphatic heterocycles. The highest BCUT2D eigenvalue weighted by atomic mass is 14.9. The molecule has 2 aromatic carbocycles. The van der Waals surface area contributed by atoms with Crippen LogP contribution in [0.1, 0.15) is 12.0 Å². The lowest BCUT2D eigenvalue weighted by Crippen LogP contribution is -2.10. The van der Waals surface area contributed by atoms with E-state index in [9.17, 15) is 0 Å². The maximum absolute atomic E-state index is 4.18. The monoisotopic (exact) mass is 262 g/mol. The molecule has 0 atom stereocenters. The highest BCUT2D eigenvalue weighted by Crippen LogP contribution is 2.20. The minimum atomic E-state index is 1.06. The molecule has 20 heavy (non-hydrogen) atoms. The van der Waals surface area contributed by atoms with Gasteiger partial charge in [-0.1, -0.05) is 42.5 Å². The van der Waals surface area contributed by atoms with Crippen molar-refractivity contribution in [3.63, 3.8) is 0 Å². The van der Waals surface area contributed by atoms with Gasteiger partial charge in [-0.25, -0.2) is 0 Å². The van der Waals surface area contributed by atoms with Gasteiger partial charge in [0.15, 0.2) is 0 Å². The van der Waals surface area contributed by atoms with Crippen LogP contribution in [0.4, 0.5) is 5.69 Å².